The third kappa shape index (κ3) is 3.74. The van der Waals surface area contributed by atoms with Crippen LogP contribution in [0.4, 0.5) is 0 Å². The van der Waals surface area contributed by atoms with Crippen molar-refractivity contribution in [2.45, 2.75) is 33.5 Å². The smallest absolute Gasteiger partial charge is 0.161 e. The first-order valence-electron chi connectivity index (χ1n) is 5.58. The third-order valence-electron chi connectivity index (χ3n) is 2.11. The van der Waals surface area contributed by atoms with Crippen LogP contribution in [0.5, 0.6) is 11.5 Å². The highest BCUT2D eigenvalue weighted by Crippen LogP contribution is 2.28. The summed E-state index contributed by atoms with van der Waals surface area (Å²) in [4.78, 5) is 0. The molecule has 1 rings (SSSR count). The van der Waals surface area contributed by atoms with E-state index in [0.717, 1.165) is 17.1 Å². The molecule has 0 heterocycles. The van der Waals surface area contributed by atoms with Gasteiger partial charge in [-0.25, -0.2) is 0 Å². The Morgan fingerprint density at radius 3 is 2.50 bits per heavy atom. The molecule has 16 heavy (non-hydrogen) atoms. The predicted molar refractivity (Wildman–Crippen MR) is 64.1 cm³/mol. The molecular weight excluding hydrogens is 204 g/mol. The molecular formula is C13H20O3. The van der Waals surface area contributed by atoms with E-state index in [4.69, 9.17) is 14.2 Å². The second-order valence-electron chi connectivity index (χ2n) is 3.78. The molecule has 0 bridgehead atoms. The molecule has 0 aliphatic heterocycles. The topological polar surface area (TPSA) is 27.7 Å². The van der Waals surface area contributed by atoms with E-state index in [1.165, 1.54) is 0 Å². The summed E-state index contributed by atoms with van der Waals surface area (Å²) in [7, 11) is 1.64. The van der Waals surface area contributed by atoms with Gasteiger partial charge in [0.15, 0.2) is 11.5 Å². The molecule has 0 atom stereocenters. The van der Waals surface area contributed by atoms with E-state index in [1.54, 1.807) is 7.11 Å². The van der Waals surface area contributed by atoms with E-state index in [2.05, 4.69) is 0 Å². The van der Waals surface area contributed by atoms with Crippen LogP contribution in [-0.4, -0.2) is 19.8 Å². The first kappa shape index (κ1) is 12.8. The van der Waals surface area contributed by atoms with Crippen LogP contribution >= 0.6 is 0 Å². The zero-order valence-corrected chi connectivity index (χ0v) is 10.4. The fourth-order valence-electron chi connectivity index (χ4n) is 1.34. The lowest BCUT2D eigenvalue weighted by atomic mass is 10.2. The molecule has 0 aliphatic rings. The Bertz CT molecular complexity index is 321. The predicted octanol–water partition coefficient (Wildman–Crippen LogP) is 3.02. The number of rotatable bonds is 6. The summed E-state index contributed by atoms with van der Waals surface area (Å²) < 4.78 is 16.2. The minimum atomic E-state index is 0.234. The zero-order chi connectivity index (χ0) is 12.0. The summed E-state index contributed by atoms with van der Waals surface area (Å²) in [5, 5.41) is 0. The quantitative estimate of drug-likeness (QED) is 0.743. The number of hydrogen-bond acceptors (Lipinski definition) is 3. The number of benzene rings is 1. The van der Waals surface area contributed by atoms with Crippen molar-refractivity contribution in [1.29, 1.82) is 0 Å². The van der Waals surface area contributed by atoms with Gasteiger partial charge in [-0.15, -0.1) is 0 Å². The Hall–Kier alpha value is -1.22. The van der Waals surface area contributed by atoms with Crippen LogP contribution in [0.3, 0.4) is 0 Å². The van der Waals surface area contributed by atoms with Gasteiger partial charge in [0.25, 0.3) is 0 Å². The molecule has 0 saturated carbocycles. The number of methoxy groups -OCH3 is 1. The van der Waals surface area contributed by atoms with Crippen LogP contribution < -0.4 is 9.47 Å². The van der Waals surface area contributed by atoms with Crippen molar-refractivity contribution in [2.24, 2.45) is 0 Å². The highest BCUT2D eigenvalue weighted by molar-refractivity contribution is 5.42. The average molecular weight is 224 g/mol. The van der Waals surface area contributed by atoms with Crippen molar-refractivity contribution < 1.29 is 14.2 Å². The molecule has 0 aromatic heterocycles. The van der Waals surface area contributed by atoms with Gasteiger partial charge in [-0.1, -0.05) is 6.07 Å². The highest BCUT2D eigenvalue weighted by Gasteiger charge is 2.05. The zero-order valence-electron chi connectivity index (χ0n) is 10.4. The maximum absolute atomic E-state index is 5.53. The minimum absolute atomic E-state index is 0.234. The summed E-state index contributed by atoms with van der Waals surface area (Å²) in [6.45, 7) is 7.23. The molecule has 0 saturated heterocycles. The van der Waals surface area contributed by atoms with Crippen molar-refractivity contribution in [3.05, 3.63) is 23.8 Å². The van der Waals surface area contributed by atoms with Gasteiger partial charge >= 0.3 is 0 Å². The molecule has 1 aromatic carbocycles. The molecule has 0 spiro atoms. The van der Waals surface area contributed by atoms with Crippen LogP contribution in [0.25, 0.3) is 0 Å². The maximum atomic E-state index is 5.53. The Morgan fingerprint density at radius 1 is 1.19 bits per heavy atom. The second kappa shape index (κ2) is 6.38. The number of ether oxygens (including phenoxy) is 3. The van der Waals surface area contributed by atoms with Crippen LogP contribution in [0, 0.1) is 0 Å². The van der Waals surface area contributed by atoms with Crippen molar-refractivity contribution in [3.63, 3.8) is 0 Å². The van der Waals surface area contributed by atoms with Gasteiger partial charge < -0.3 is 14.2 Å². The van der Waals surface area contributed by atoms with E-state index in [0.29, 0.717) is 13.2 Å². The van der Waals surface area contributed by atoms with Gasteiger partial charge in [0, 0.05) is 0 Å². The molecule has 0 N–H and O–H groups in total. The summed E-state index contributed by atoms with van der Waals surface area (Å²) in [5.41, 5.74) is 1.09. The molecule has 0 aliphatic carbocycles. The Morgan fingerprint density at radius 2 is 1.94 bits per heavy atom. The van der Waals surface area contributed by atoms with Crippen molar-refractivity contribution in [3.8, 4) is 11.5 Å². The molecule has 3 heteroatoms. The van der Waals surface area contributed by atoms with Crippen LogP contribution in [-0.2, 0) is 11.3 Å². The van der Waals surface area contributed by atoms with Crippen LogP contribution in [0.1, 0.15) is 26.3 Å². The summed E-state index contributed by atoms with van der Waals surface area (Å²) >= 11 is 0. The van der Waals surface area contributed by atoms with Gasteiger partial charge in [0.05, 0.1) is 26.4 Å². The first-order valence-corrected chi connectivity index (χ1v) is 5.58. The summed E-state index contributed by atoms with van der Waals surface area (Å²) in [6.07, 6.45) is 0.234. The largest absolute Gasteiger partial charge is 0.493 e. The minimum Gasteiger partial charge on any atom is -0.493 e. The summed E-state index contributed by atoms with van der Waals surface area (Å²) in [5.74, 6) is 1.53. The van der Waals surface area contributed by atoms with Gasteiger partial charge in [-0.3, -0.25) is 0 Å². The monoisotopic (exact) mass is 224 g/mol. The molecule has 0 fully saturated rings. The lowest BCUT2D eigenvalue weighted by Gasteiger charge is -2.12. The van der Waals surface area contributed by atoms with E-state index >= 15 is 0 Å². The molecule has 3 nitrogen and oxygen atoms in total. The van der Waals surface area contributed by atoms with Crippen molar-refractivity contribution in [2.75, 3.05) is 13.7 Å². The standard InChI is InChI=1S/C13H20O3/c1-5-15-12-7-6-11(8-13(12)14-4)9-16-10(2)3/h6-8,10H,5,9H2,1-4H3. The molecule has 0 radical (unpaired) electrons. The van der Waals surface area contributed by atoms with Crippen LogP contribution in [0.15, 0.2) is 18.2 Å². The van der Waals surface area contributed by atoms with E-state index in [1.807, 2.05) is 39.0 Å². The lowest BCUT2D eigenvalue weighted by molar-refractivity contribution is 0.0655. The molecule has 0 amide bonds. The maximum Gasteiger partial charge on any atom is 0.161 e. The Labute approximate surface area is 97.3 Å². The lowest BCUT2D eigenvalue weighted by Crippen LogP contribution is -2.03. The first-order chi connectivity index (χ1) is 7.67. The van der Waals surface area contributed by atoms with Gasteiger partial charge in [-0.05, 0) is 38.5 Å². The second-order valence-corrected chi connectivity index (χ2v) is 3.78. The molecule has 1 aromatic rings. The van der Waals surface area contributed by atoms with E-state index < -0.39 is 0 Å². The Kier molecular flexibility index (Phi) is 5.12. The average Bonchev–Trinajstić information content (AvgIpc) is 2.28. The fourth-order valence-corrected chi connectivity index (χ4v) is 1.34. The third-order valence-corrected chi connectivity index (χ3v) is 2.11. The normalized spacial score (nSPS) is 10.6. The van der Waals surface area contributed by atoms with Gasteiger partial charge in [0.1, 0.15) is 0 Å². The Balaban J connectivity index is 2.74. The van der Waals surface area contributed by atoms with E-state index in [-0.39, 0.29) is 6.10 Å². The van der Waals surface area contributed by atoms with E-state index in [9.17, 15) is 0 Å². The van der Waals surface area contributed by atoms with Gasteiger partial charge in [-0.2, -0.15) is 0 Å². The van der Waals surface area contributed by atoms with Crippen molar-refractivity contribution >= 4 is 0 Å². The molecule has 90 valence electrons. The highest BCUT2D eigenvalue weighted by atomic mass is 16.5. The summed E-state index contributed by atoms with van der Waals surface area (Å²) in [6, 6.07) is 5.87. The van der Waals surface area contributed by atoms with Crippen molar-refractivity contribution in [1.82, 2.24) is 0 Å². The molecule has 0 unspecified atom stereocenters. The van der Waals surface area contributed by atoms with Gasteiger partial charge in [0.2, 0.25) is 0 Å². The fraction of sp³-hybridized carbons (Fsp3) is 0.538. The SMILES string of the molecule is CCOc1ccc(COC(C)C)cc1OC. The number of hydrogen-bond donors (Lipinski definition) is 0. The van der Waals surface area contributed by atoms with Crippen LogP contribution in [0.2, 0.25) is 0 Å².